The van der Waals surface area contributed by atoms with E-state index in [1.807, 2.05) is 19.1 Å². The summed E-state index contributed by atoms with van der Waals surface area (Å²) in [6.45, 7) is 2.72. The SMILES string of the molecule is CCN(Cc1ccncc1)S(C)(=O)=O. The van der Waals surface area contributed by atoms with Gasteiger partial charge in [0.1, 0.15) is 0 Å². The summed E-state index contributed by atoms with van der Waals surface area (Å²) in [5.74, 6) is 0. The Morgan fingerprint density at radius 1 is 1.36 bits per heavy atom. The third-order valence-electron chi connectivity index (χ3n) is 1.93. The van der Waals surface area contributed by atoms with Crippen LogP contribution in [-0.4, -0.2) is 30.5 Å². The largest absolute Gasteiger partial charge is 0.265 e. The van der Waals surface area contributed by atoms with Crippen LogP contribution < -0.4 is 0 Å². The van der Waals surface area contributed by atoms with E-state index in [-0.39, 0.29) is 0 Å². The van der Waals surface area contributed by atoms with Gasteiger partial charge in [-0.25, -0.2) is 8.42 Å². The van der Waals surface area contributed by atoms with Gasteiger partial charge in [-0.2, -0.15) is 4.31 Å². The van der Waals surface area contributed by atoms with Gasteiger partial charge in [0.2, 0.25) is 10.0 Å². The number of aromatic nitrogens is 1. The van der Waals surface area contributed by atoms with Gasteiger partial charge in [-0.1, -0.05) is 6.92 Å². The highest BCUT2D eigenvalue weighted by Crippen LogP contribution is 2.06. The average Bonchev–Trinajstić information content (AvgIpc) is 2.14. The van der Waals surface area contributed by atoms with Crippen LogP contribution in [0.5, 0.6) is 0 Å². The minimum absolute atomic E-state index is 0.415. The van der Waals surface area contributed by atoms with E-state index in [9.17, 15) is 8.42 Å². The minimum atomic E-state index is -3.10. The predicted octanol–water partition coefficient (Wildman–Crippen LogP) is 0.863. The maximum Gasteiger partial charge on any atom is 0.211 e. The molecule has 14 heavy (non-hydrogen) atoms. The second-order valence-corrected chi connectivity index (χ2v) is 5.03. The van der Waals surface area contributed by atoms with Crippen LogP contribution in [0.3, 0.4) is 0 Å². The van der Waals surface area contributed by atoms with E-state index in [2.05, 4.69) is 4.98 Å². The van der Waals surface area contributed by atoms with Gasteiger partial charge in [0, 0.05) is 25.5 Å². The summed E-state index contributed by atoms with van der Waals surface area (Å²) in [4.78, 5) is 3.87. The monoisotopic (exact) mass is 214 g/mol. The molecule has 0 aromatic carbocycles. The number of sulfonamides is 1. The lowest BCUT2D eigenvalue weighted by atomic mass is 10.3. The molecule has 78 valence electrons. The molecule has 0 unspecified atom stereocenters. The van der Waals surface area contributed by atoms with Crippen molar-refractivity contribution in [3.05, 3.63) is 30.1 Å². The molecular formula is C9H14N2O2S. The van der Waals surface area contributed by atoms with Crippen LogP contribution in [0.25, 0.3) is 0 Å². The van der Waals surface area contributed by atoms with E-state index < -0.39 is 10.0 Å². The molecule has 4 nitrogen and oxygen atoms in total. The van der Waals surface area contributed by atoms with Crippen LogP contribution in [0.2, 0.25) is 0 Å². The standard InChI is InChI=1S/C9H14N2O2S/c1-3-11(14(2,12)13)8-9-4-6-10-7-5-9/h4-7H,3,8H2,1-2H3. The Morgan fingerprint density at radius 3 is 2.36 bits per heavy atom. The summed E-state index contributed by atoms with van der Waals surface area (Å²) in [5, 5.41) is 0. The summed E-state index contributed by atoms with van der Waals surface area (Å²) >= 11 is 0. The molecule has 0 aliphatic carbocycles. The van der Waals surface area contributed by atoms with Crippen molar-refractivity contribution in [1.82, 2.24) is 9.29 Å². The van der Waals surface area contributed by atoms with E-state index >= 15 is 0 Å². The molecule has 1 aromatic rings. The molecule has 0 atom stereocenters. The summed E-state index contributed by atoms with van der Waals surface area (Å²) in [5.41, 5.74) is 0.951. The van der Waals surface area contributed by atoms with Crippen molar-refractivity contribution in [1.29, 1.82) is 0 Å². The first-order valence-corrected chi connectivity index (χ1v) is 6.23. The fraction of sp³-hybridized carbons (Fsp3) is 0.444. The Morgan fingerprint density at radius 2 is 1.93 bits per heavy atom. The smallest absolute Gasteiger partial charge is 0.211 e. The summed E-state index contributed by atoms with van der Waals surface area (Å²) < 4.78 is 24.0. The zero-order chi connectivity index (χ0) is 10.6. The Hall–Kier alpha value is -0.940. The predicted molar refractivity (Wildman–Crippen MR) is 55.2 cm³/mol. The van der Waals surface area contributed by atoms with Crippen molar-refractivity contribution in [3.8, 4) is 0 Å². The van der Waals surface area contributed by atoms with Crippen molar-refractivity contribution < 1.29 is 8.42 Å². The molecule has 0 amide bonds. The second-order valence-electron chi connectivity index (χ2n) is 3.04. The lowest BCUT2D eigenvalue weighted by Crippen LogP contribution is -2.29. The van der Waals surface area contributed by atoms with Crippen molar-refractivity contribution in [2.75, 3.05) is 12.8 Å². The van der Waals surface area contributed by atoms with E-state index in [0.29, 0.717) is 13.1 Å². The highest BCUT2D eigenvalue weighted by molar-refractivity contribution is 7.88. The zero-order valence-electron chi connectivity index (χ0n) is 8.34. The Kier molecular flexibility index (Phi) is 3.60. The lowest BCUT2D eigenvalue weighted by Gasteiger charge is -2.17. The summed E-state index contributed by atoms with van der Waals surface area (Å²) in [7, 11) is -3.10. The van der Waals surface area contributed by atoms with Crippen LogP contribution in [-0.2, 0) is 16.6 Å². The van der Waals surface area contributed by atoms with Gasteiger partial charge in [0.15, 0.2) is 0 Å². The quantitative estimate of drug-likeness (QED) is 0.747. The number of hydrogen-bond acceptors (Lipinski definition) is 3. The average molecular weight is 214 g/mol. The molecule has 5 heteroatoms. The maximum absolute atomic E-state index is 11.3. The fourth-order valence-corrected chi connectivity index (χ4v) is 2.01. The van der Waals surface area contributed by atoms with Gasteiger partial charge in [0.05, 0.1) is 6.26 Å². The van der Waals surface area contributed by atoms with Crippen LogP contribution in [0.15, 0.2) is 24.5 Å². The molecule has 0 fully saturated rings. The molecule has 0 radical (unpaired) electrons. The molecule has 1 aromatic heterocycles. The highest BCUT2D eigenvalue weighted by atomic mass is 32.2. The molecule has 0 bridgehead atoms. The molecule has 0 saturated heterocycles. The van der Waals surface area contributed by atoms with Crippen molar-refractivity contribution in [2.45, 2.75) is 13.5 Å². The van der Waals surface area contributed by atoms with E-state index in [0.717, 1.165) is 5.56 Å². The molecule has 0 aliphatic heterocycles. The molecule has 0 saturated carbocycles. The Bertz CT molecular complexity index is 375. The Balaban J connectivity index is 2.77. The first-order valence-electron chi connectivity index (χ1n) is 4.38. The molecule has 0 aliphatic rings. The molecule has 0 N–H and O–H groups in total. The van der Waals surface area contributed by atoms with E-state index in [4.69, 9.17) is 0 Å². The van der Waals surface area contributed by atoms with Crippen molar-refractivity contribution >= 4 is 10.0 Å². The maximum atomic E-state index is 11.3. The molecule has 1 heterocycles. The molecule has 1 rings (SSSR count). The fourth-order valence-electron chi connectivity index (χ4n) is 1.16. The van der Waals surface area contributed by atoms with E-state index in [1.165, 1.54) is 10.6 Å². The number of hydrogen-bond donors (Lipinski definition) is 0. The minimum Gasteiger partial charge on any atom is -0.265 e. The van der Waals surface area contributed by atoms with Crippen LogP contribution >= 0.6 is 0 Å². The Labute approximate surface area is 84.6 Å². The van der Waals surface area contributed by atoms with Gasteiger partial charge in [0.25, 0.3) is 0 Å². The number of rotatable bonds is 4. The van der Waals surface area contributed by atoms with Gasteiger partial charge in [-0.05, 0) is 17.7 Å². The first-order chi connectivity index (χ1) is 6.54. The van der Waals surface area contributed by atoms with Gasteiger partial charge >= 0.3 is 0 Å². The topological polar surface area (TPSA) is 50.3 Å². The molecule has 0 spiro atoms. The zero-order valence-corrected chi connectivity index (χ0v) is 9.16. The summed E-state index contributed by atoms with van der Waals surface area (Å²) in [6.07, 6.45) is 4.54. The number of nitrogens with zero attached hydrogens (tertiary/aromatic N) is 2. The van der Waals surface area contributed by atoms with Gasteiger partial charge in [-0.3, -0.25) is 4.98 Å². The van der Waals surface area contributed by atoms with Gasteiger partial charge in [-0.15, -0.1) is 0 Å². The van der Waals surface area contributed by atoms with Crippen molar-refractivity contribution in [2.24, 2.45) is 0 Å². The van der Waals surface area contributed by atoms with E-state index in [1.54, 1.807) is 12.4 Å². The van der Waals surface area contributed by atoms with Crippen molar-refractivity contribution in [3.63, 3.8) is 0 Å². The summed E-state index contributed by atoms with van der Waals surface area (Å²) in [6, 6.07) is 3.63. The normalized spacial score (nSPS) is 11.9. The van der Waals surface area contributed by atoms with Gasteiger partial charge < -0.3 is 0 Å². The van der Waals surface area contributed by atoms with Crippen LogP contribution in [0, 0.1) is 0 Å². The third-order valence-corrected chi connectivity index (χ3v) is 3.26. The lowest BCUT2D eigenvalue weighted by molar-refractivity contribution is 0.427. The highest BCUT2D eigenvalue weighted by Gasteiger charge is 2.13. The molecular weight excluding hydrogens is 200 g/mol. The first kappa shape index (κ1) is 11.1. The van der Waals surface area contributed by atoms with Crippen LogP contribution in [0.4, 0.5) is 0 Å². The number of pyridine rings is 1. The van der Waals surface area contributed by atoms with Crippen LogP contribution in [0.1, 0.15) is 12.5 Å². The second kappa shape index (κ2) is 4.52. The third kappa shape index (κ3) is 3.08.